The first kappa shape index (κ1) is 24.0. The van der Waals surface area contributed by atoms with Crippen LogP contribution >= 0.6 is 0 Å². The first-order chi connectivity index (χ1) is 16.6. The molecule has 0 atom stereocenters. The Labute approximate surface area is 199 Å². The zero-order valence-electron chi connectivity index (χ0n) is 18.7. The molecule has 35 heavy (non-hydrogen) atoms. The van der Waals surface area contributed by atoms with Crippen LogP contribution in [-0.4, -0.2) is 37.1 Å². The Morgan fingerprint density at radius 3 is 2.34 bits per heavy atom. The molecule has 4 aromatic rings. The average Bonchev–Trinajstić information content (AvgIpc) is 3.22. The van der Waals surface area contributed by atoms with Crippen molar-refractivity contribution in [3.63, 3.8) is 0 Å². The summed E-state index contributed by atoms with van der Waals surface area (Å²) in [6, 6.07) is 13.3. The fourth-order valence-corrected chi connectivity index (χ4v) is 5.25. The number of halogens is 1. The molecule has 0 unspecified atom stereocenters. The Bertz CT molecular complexity index is 1580. The number of nitrogens with two attached hydrogens (primary N) is 1. The molecule has 1 aromatic heterocycles. The lowest BCUT2D eigenvalue weighted by molar-refractivity contribution is -0.384. The smallest absolute Gasteiger partial charge is 0.278 e. The second-order valence-corrected chi connectivity index (χ2v) is 9.70. The van der Waals surface area contributed by atoms with E-state index in [9.17, 15) is 27.7 Å². The fourth-order valence-electron chi connectivity index (χ4n) is 3.88. The number of nitrogens with zero attached hydrogens (tertiary/aromatic N) is 2. The predicted molar refractivity (Wildman–Crippen MR) is 128 cm³/mol. The molecule has 0 aliphatic rings. The maximum Gasteiger partial charge on any atom is 0.278 e. The van der Waals surface area contributed by atoms with Gasteiger partial charge in [-0.2, -0.15) is 0 Å². The number of primary amides is 1. The van der Waals surface area contributed by atoms with Crippen LogP contribution in [0.3, 0.4) is 0 Å². The standard InChI is InChI=1S/C24H20FN3O6S/c1-3-27(2)35(32,33)19-13-12-17(28(30)31)20(14-8-10-15(25)11-9-14)22(19)23-21(24(26)29)16-6-4-5-7-18(16)34-23/h4-13H,3H2,1-2H3,(H2,26,29). The van der Waals surface area contributed by atoms with Crippen molar-refractivity contribution in [1.29, 1.82) is 0 Å². The summed E-state index contributed by atoms with van der Waals surface area (Å²) in [5.74, 6) is -1.73. The zero-order chi connectivity index (χ0) is 25.5. The van der Waals surface area contributed by atoms with Gasteiger partial charge in [0, 0.05) is 25.0 Å². The summed E-state index contributed by atoms with van der Waals surface area (Å²) in [7, 11) is -2.85. The molecular weight excluding hydrogens is 477 g/mol. The summed E-state index contributed by atoms with van der Waals surface area (Å²) < 4.78 is 47.7. The number of hydrogen-bond donors (Lipinski definition) is 1. The van der Waals surface area contributed by atoms with Crippen LogP contribution in [0.1, 0.15) is 17.3 Å². The Kier molecular flexibility index (Phi) is 6.14. The molecule has 4 rings (SSSR count). The molecule has 9 nitrogen and oxygen atoms in total. The molecule has 2 N–H and O–H groups in total. The lowest BCUT2D eigenvalue weighted by Crippen LogP contribution is -2.27. The second kappa shape index (κ2) is 8.93. The SMILES string of the molecule is CCN(C)S(=O)(=O)c1ccc([N+](=O)[O-])c(-c2ccc(F)cc2)c1-c1oc2ccccc2c1C(N)=O. The van der Waals surface area contributed by atoms with Gasteiger partial charge in [-0.15, -0.1) is 0 Å². The summed E-state index contributed by atoms with van der Waals surface area (Å²) >= 11 is 0. The van der Waals surface area contributed by atoms with Crippen molar-refractivity contribution in [2.24, 2.45) is 5.73 Å². The Morgan fingerprint density at radius 2 is 1.74 bits per heavy atom. The molecule has 0 spiro atoms. The molecule has 180 valence electrons. The van der Waals surface area contributed by atoms with Crippen LogP contribution in [0, 0.1) is 15.9 Å². The second-order valence-electron chi connectivity index (χ2n) is 7.68. The number of nitro groups is 1. The van der Waals surface area contributed by atoms with Crippen molar-refractivity contribution in [2.75, 3.05) is 13.6 Å². The van der Waals surface area contributed by atoms with Crippen LogP contribution in [0.4, 0.5) is 10.1 Å². The number of fused-ring (bicyclic) bond motifs is 1. The molecule has 11 heteroatoms. The quantitative estimate of drug-likeness (QED) is 0.294. The molecule has 1 heterocycles. The highest BCUT2D eigenvalue weighted by molar-refractivity contribution is 7.89. The highest BCUT2D eigenvalue weighted by atomic mass is 32.2. The Morgan fingerprint density at radius 1 is 1.09 bits per heavy atom. The van der Waals surface area contributed by atoms with Crippen LogP contribution in [0.25, 0.3) is 33.4 Å². The van der Waals surface area contributed by atoms with E-state index in [1.807, 2.05) is 0 Å². The van der Waals surface area contributed by atoms with Crippen molar-refractivity contribution in [3.05, 3.63) is 82.2 Å². The average molecular weight is 498 g/mol. The number of nitro benzene ring substituents is 1. The Balaban J connectivity index is 2.26. The number of amides is 1. The topological polar surface area (TPSA) is 137 Å². The minimum Gasteiger partial charge on any atom is -0.455 e. The number of para-hydroxylation sites is 1. The Hall–Kier alpha value is -4.09. The van der Waals surface area contributed by atoms with Crippen LogP contribution in [0.15, 0.2) is 70.0 Å². The summed E-state index contributed by atoms with van der Waals surface area (Å²) in [6.07, 6.45) is 0. The van der Waals surface area contributed by atoms with E-state index in [4.69, 9.17) is 10.2 Å². The molecule has 3 aromatic carbocycles. The van der Waals surface area contributed by atoms with Gasteiger partial charge in [-0.3, -0.25) is 14.9 Å². The number of sulfonamides is 1. The molecule has 0 saturated carbocycles. The minimum atomic E-state index is -4.20. The van der Waals surface area contributed by atoms with Crippen molar-refractivity contribution >= 4 is 32.6 Å². The first-order valence-corrected chi connectivity index (χ1v) is 11.9. The molecule has 0 saturated heterocycles. The first-order valence-electron chi connectivity index (χ1n) is 10.4. The lowest BCUT2D eigenvalue weighted by Gasteiger charge is -2.20. The van der Waals surface area contributed by atoms with E-state index in [0.29, 0.717) is 5.39 Å². The summed E-state index contributed by atoms with van der Waals surface area (Å²) in [5.41, 5.74) is 5.12. The third kappa shape index (κ3) is 4.04. The highest BCUT2D eigenvalue weighted by Gasteiger charge is 2.35. The van der Waals surface area contributed by atoms with E-state index in [1.165, 1.54) is 19.2 Å². The minimum absolute atomic E-state index is 0.105. The lowest BCUT2D eigenvalue weighted by atomic mass is 9.94. The number of furan rings is 1. The van der Waals surface area contributed by atoms with E-state index in [-0.39, 0.29) is 45.0 Å². The van der Waals surface area contributed by atoms with Crippen molar-refractivity contribution < 1.29 is 26.9 Å². The van der Waals surface area contributed by atoms with Gasteiger partial charge in [0.1, 0.15) is 17.2 Å². The normalized spacial score (nSPS) is 11.8. The van der Waals surface area contributed by atoms with Gasteiger partial charge in [0.05, 0.1) is 26.5 Å². The van der Waals surface area contributed by atoms with Gasteiger partial charge < -0.3 is 10.2 Å². The van der Waals surface area contributed by atoms with Gasteiger partial charge in [-0.1, -0.05) is 37.3 Å². The van der Waals surface area contributed by atoms with Gasteiger partial charge in [0.25, 0.3) is 11.6 Å². The van der Waals surface area contributed by atoms with Crippen molar-refractivity contribution in [2.45, 2.75) is 11.8 Å². The fraction of sp³-hybridized carbons (Fsp3) is 0.125. The molecule has 0 aliphatic carbocycles. The maximum absolute atomic E-state index is 13.7. The molecular formula is C24H20FN3O6S. The van der Waals surface area contributed by atoms with Crippen LogP contribution < -0.4 is 5.73 Å². The van der Waals surface area contributed by atoms with Gasteiger partial charge in [-0.05, 0) is 29.8 Å². The van der Waals surface area contributed by atoms with Gasteiger partial charge >= 0.3 is 0 Å². The zero-order valence-corrected chi connectivity index (χ0v) is 19.5. The summed E-state index contributed by atoms with van der Waals surface area (Å²) in [4.78, 5) is 23.6. The summed E-state index contributed by atoms with van der Waals surface area (Å²) in [6.45, 7) is 1.73. The molecule has 0 fully saturated rings. The number of benzene rings is 3. The van der Waals surface area contributed by atoms with Gasteiger partial charge in [-0.25, -0.2) is 17.1 Å². The van der Waals surface area contributed by atoms with E-state index in [1.54, 1.807) is 31.2 Å². The van der Waals surface area contributed by atoms with E-state index in [2.05, 4.69) is 0 Å². The third-order valence-electron chi connectivity index (χ3n) is 5.68. The third-order valence-corrected chi connectivity index (χ3v) is 7.65. The van der Waals surface area contributed by atoms with E-state index < -0.39 is 32.4 Å². The van der Waals surface area contributed by atoms with Crippen LogP contribution in [0.2, 0.25) is 0 Å². The molecule has 1 amide bonds. The number of rotatable bonds is 7. The predicted octanol–water partition coefficient (Wildman–Crippen LogP) is 4.55. The summed E-state index contributed by atoms with van der Waals surface area (Å²) in [5, 5.41) is 12.4. The van der Waals surface area contributed by atoms with E-state index >= 15 is 0 Å². The molecule has 0 radical (unpaired) electrons. The monoisotopic (exact) mass is 497 g/mol. The van der Waals surface area contributed by atoms with Crippen molar-refractivity contribution in [1.82, 2.24) is 4.31 Å². The van der Waals surface area contributed by atoms with Gasteiger partial charge in [0.2, 0.25) is 10.0 Å². The molecule has 0 bridgehead atoms. The number of carbonyl (C=O) groups is 1. The largest absolute Gasteiger partial charge is 0.455 e. The van der Waals surface area contributed by atoms with Crippen LogP contribution in [0.5, 0.6) is 0 Å². The van der Waals surface area contributed by atoms with Gasteiger partial charge in [0.15, 0.2) is 0 Å². The highest BCUT2D eigenvalue weighted by Crippen LogP contribution is 2.46. The van der Waals surface area contributed by atoms with E-state index in [0.717, 1.165) is 28.6 Å². The molecule has 0 aliphatic heterocycles. The van der Waals surface area contributed by atoms with Crippen molar-refractivity contribution in [3.8, 4) is 22.5 Å². The maximum atomic E-state index is 13.7. The van der Waals surface area contributed by atoms with Crippen LogP contribution in [-0.2, 0) is 10.0 Å². The number of carbonyl (C=O) groups excluding carboxylic acids is 1. The number of hydrogen-bond acceptors (Lipinski definition) is 6.